The molecule has 0 radical (unpaired) electrons. The van der Waals surface area contributed by atoms with Gasteiger partial charge in [-0.3, -0.25) is 4.90 Å². The Balaban J connectivity index is 2.07. The van der Waals surface area contributed by atoms with Crippen LogP contribution in [0.25, 0.3) is 0 Å². The van der Waals surface area contributed by atoms with Gasteiger partial charge in [-0.25, -0.2) is 4.79 Å². The van der Waals surface area contributed by atoms with E-state index in [0.717, 1.165) is 38.9 Å². The molecule has 2 unspecified atom stereocenters. The van der Waals surface area contributed by atoms with Crippen LogP contribution in [0.3, 0.4) is 0 Å². The van der Waals surface area contributed by atoms with Crippen LogP contribution in [0.2, 0.25) is 0 Å². The standard InChI is InChI=1S/C14H26N2O2S/c1-11(19)15-9-7-14(10-15)6-5-8-16(14)12(17)18-13(2,3)4/h11,19H,5-10H2,1-4H3. The van der Waals surface area contributed by atoms with E-state index >= 15 is 0 Å². The molecule has 0 N–H and O–H groups in total. The van der Waals surface area contributed by atoms with E-state index in [9.17, 15) is 4.79 Å². The van der Waals surface area contributed by atoms with Crippen LogP contribution in [0.5, 0.6) is 0 Å². The average molecular weight is 286 g/mol. The Hall–Kier alpha value is -0.420. The van der Waals surface area contributed by atoms with E-state index < -0.39 is 5.60 Å². The topological polar surface area (TPSA) is 32.8 Å². The fourth-order valence-corrected chi connectivity index (χ4v) is 3.37. The highest BCUT2D eigenvalue weighted by molar-refractivity contribution is 7.80. The van der Waals surface area contributed by atoms with Crippen molar-refractivity contribution in [1.29, 1.82) is 0 Å². The van der Waals surface area contributed by atoms with Gasteiger partial charge in [0, 0.05) is 25.0 Å². The van der Waals surface area contributed by atoms with Crippen molar-refractivity contribution in [3.8, 4) is 0 Å². The van der Waals surface area contributed by atoms with Crippen LogP contribution in [-0.4, -0.2) is 52.0 Å². The summed E-state index contributed by atoms with van der Waals surface area (Å²) >= 11 is 4.51. The highest BCUT2D eigenvalue weighted by Gasteiger charge is 2.49. The summed E-state index contributed by atoms with van der Waals surface area (Å²) in [5, 5.41) is 0.250. The Morgan fingerprint density at radius 1 is 1.32 bits per heavy atom. The summed E-state index contributed by atoms with van der Waals surface area (Å²) in [6, 6.07) is 0. The molecule has 2 aliphatic rings. The van der Waals surface area contributed by atoms with E-state index in [0.29, 0.717) is 0 Å². The van der Waals surface area contributed by atoms with Gasteiger partial charge in [0.05, 0.1) is 5.54 Å². The summed E-state index contributed by atoms with van der Waals surface area (Å²) in [5.74, 6) is 0. The summed E-state index contributed by atoms with van der Waals surface area (Å²) in [6.07, 6.45) is 3.05. The molecular weight excluding hydrogens is 260 g/mol. The van der Waals surface area contributed by atoms with Crippen LogP contribution < -0.4 is 0 Å². The SMILES string of the molecule is CC(S)N1CCC2(CCCN2C(=O)OC(C)(C)C)C1. The average Bonchev–Trinajstić information content (AvgIpc) is 2.84. The van der Waals surface area contributed by atoms with E-state index in [1.54, 1.807) is 0 Å². The molecule has 2 atom stereocenters. The van der Waals surface area contributed by atoms with E-state index in [2.05, 4.69) is 24.5 Å². The molecule has 0 bridgehead atoms. The van der Waals surface area contributed by atoms with Crippen LogP contribution in [0.1, 0.15) is 47.0 Å². The van der Waals surface area contributed by atoms with Crippen LogP contribution in [-0.2, 0) is 4.74 Å². The molecule has 4 nitrogen and oxygen atoms in total. The first-order valence-corrected chi connectivity index (χ1v) is 7.68. The molecular formula is C14H26N2O2S. The van der Waals surface area contributed by atoms with Crippen LogP contribution in [0.4, 0.5) is 4.79 Å². The molecule has 0 aromatic rings. The number of carbonyl (C=O) groups is 1. The zero-order valence-corrected chi connectivity index (χ0v) is 13.4. The normalized spacial score (nSPS) is 30.1. The van der Waals surface area contributed by atoms with Gasteiger partial charge < -0.3 is 9.64 Å². The van der Waals surface area contributed by atoms with Gasteiger partial charge >= 0.3 is 6.09 Å². The van der Waals surface area contributed by atoms with Gasteiger partial charge in [-0.2, -0.15) is 12.6 Å². The Bertz CT molecular complexity index is 354. The van der Waals surface area contributed by atoms with Crippen molar-refractivity contribution in [3.63, 3.8) is 0 Å². The number of hydrogen-bond donors (Lipinski definition) is 1. The number of carbonyl (C=O) groups excluding carboxylic acids is 1. The van der Waals surface area contributed by atoms with Crippen molar-refractivity contribution in [2.45, 2.75) is 63.5 Å². The van der Waals surface area contributed by atoms with Gasteiger partial charge in [0.25, 0.3) is 0 Å². The molecule has 2 rings (SSSR count). The fourth-order valence-electron chi connectivity index (χ4n) is 3.17. The van der Waals surface area contributed by atoms with Gasteiger partial charge in [0.15, 0.2) is 0 Å². The van der Waals surface area contributed by atoms with Crippen LogP contribution in [0.15, 0.2) is 0 Å². The van der Waals surface area contributed by atoms with Crippen molar-refractivity contribution in [2.24, 2.45) is 0 Å². The first-order chi connectivity index (χ1) is 8.73. The first-order valence-electron chi connectivity index (χ1n) is 7.16. The predicted molar refractivity (Wildman–Crippen MR) is 79.5 cm³/mol. The van der Waals surface area contributed by atoms with Crippen molar-refractivity contribution in [3.05, 3.63) is 0 Å². The Morgan fingerprint density at radius 3 is 2.53 bits per heavy atom. The number of amides is 1. The third-order valence-corrected chi connectivity index (χ3v) is 4.43. The number of thiol groups is 1. The largest absolute Gasteiger partial charge is 0.444 e. The highest BCUT2D eigenvalue weighted by atomic mass is 32.1. The molecule has 2 fully saturated rings. The number of ether oxygens (including phenoxy) is 1. The van der Waals surface area contributed by atoms with Crippen molar-refractivity contribution < 1.29 is 9.53 Å². The van der Waals surface area contributed by atoms with E-state index in [1.807, 2.05) is 25.7 Å². The maximum Gasteiger partial charge on any atom is 0.410 e. The Labute approximate surface area is 121 Å². The summed E-state index contributed by atoms with van der Waals surface area (Å²) in [6.45, 7) is 10.6. The number of rotatable bonds is 1. The summed E-state index contributed by atoms with van der Waals surface area (Å²) in [5.41, 5.74) is -0.435. The van der Waals surface area contributed by atoms with Crippen molar-refractivity contribution in [2.75, 3.05) is 19.6 Å². The van der Waals surface area contributed by atoms with Gasteiger partial charge in [0.1, 0.15) is 5.60 Å². The first kappa shape index (κ1) is 15.0. The lowest BCUT2D eigenvalue weighted by atomic mass is 9.95. The second-order valence-corrected chi connectivity index (χ2v) is 7.56. The molecule has 0 aromatic heterocycles. The molecule has 19 heavy (non-hydrogen) atoms. The third-order valence-electron chi connectivity index (χ3n) is 4.10. The van der Waals surface area contributed by atoms with Gasteiger partial charge in [-0.1, -0.05) is 0 Å². The zero-order chi connectivity index (χ0) is 14.3. The lowest BCUT2D eigenvalue weighted by Crippen LogP contribution is -2.51. The zero-order valence-electron chi connectivity index (χ0n) is 12.5. The second-order valence-electron chi connectivity index (χ2n) is 6.81. The highest BCUT2D eigenvalue weighted by Crippen LogP contribution is 2.39. The van der Waals surface area contributed by atoms with Gasteiger partial charge in [-0.15, -0.1) is 0 Å². The molecule has 2 saturated heterocycles. The minimum Gasteiger partial charge on any atom is -0.444 e. The number of nitrogens with zero attached hydrogens (tertiary/aromatic N) is 2. The molecule has 1 spiro atoms. The molecule has 1 amide bonds. The Morgan fingerprint density at radius 2 is 2.00 bits per heavy atom. The van der Waals surface area contributed by atoms with E-state index in [1.165, 1.54) is 0 Å². The molecule has 0 saturated carbocycles. The summed E-state index contributed by atoms with van der Waals surface area (Å²) < 4.78 is 5.55. The Kier molecular flexibility index (Phi) is 4.07. The van der Waals surface area contributed by atoms with Crippen molar-refractivity contribution >= 4 is 18.7 Å². The molecule has 2 heterocycles. The third kappa shape index (κ3) is 3.19. The van der Waals surface area contributed by atoms with Crippen LogP contribution in [0, 0.1) is 0 Å². The molecule has 5 heteroatoms. The molecule has 110 valence electrons. The lowest BCUT2D eigenvalue weighted by Gasteiger charge is -2.36. The van der Waals surface area contributed by atoms with Gasteiger partial charge in [0.2, 0.25) is 0 Å². The van der Waals surface area contributed by atoms with Gasteiger partial charge in [-0.05, 0) is 47.0 Å². The van der Waals surface area contributed by atoms with E-state index in [-0.39, 0.29) is 17.0 Å². The van der Waals surface area contributed by atoms with Crippen molar-refractivity contribution in [1.82, 2.24) is 9.80 Å². The monoisotopic (exact) mass is 286 g/mol. The van der Waals surface area contributed by atoms with Crippen LogP contribution >= 0.6 is 12.6 Å². The van der Waals surface area contributed by atoms with E-state index in [4.69, 9.17) is 4.74 Å². The summed E-state index contributed by atoms with van der Waals surface area (Å²) in [7, 11) is 0. The lowest BCUT2D eigenvalue weighted by molar-refractivity contribution is 0.00917. The fraction of sp³-hybridized carbons (Fsp3) is 0.929. The molecule has 0 aromatic carbocycles. The molecule has 2 aliphatic heterocycles. The minimum absolute atomic E-state index is 0.0146. The second kappa shape index (κ2) is 5.17. The minimum atomic E-state index is -0.421. The predicted octanol–water partition coefficient (Wildman–Crippen LogP) is 2.74. The number of likely N-dealkylation sites (tertiary alicyclic amines) is 2. The maximum atomic E-state index is 12.4. The molecule has 0 aliphatic carbocycles. The maximum absolute atomic E-state index is 12.4. The quantitative estimate of drug-likeness (QED) is 0.752. The number of hydrogen-bond acceptors (Lipinski definition) is 4. The summed E-state index contributed by atoms with van der Waals surface area (Å²) in [4.78, 5) is 16.7. The smallest absolute Gasteiger partial charge is 0.410 e.